The molecule has 0 spiro atoms. The van der Waals surface area contributed by atoms with Gasteiger partial charge in [0.2, 0.25) is 5.91 Å². The van der Waals surface area contributed by atoms with Crippen molar-refractivity contribution in [1.82, 2.24) is 4.98 Å². The molecule has 0 radical (unpaired) electrons. The van der Waals surface area contributed by atoms with Gasteiger partial charge in [0.25, 0.3) is 5.22 Å². The van der Waals surface area contributed by atoms with Gasteiger partial charge in [-0.1, -0.05) is 35.5 Å². The molecule has 0 aliphatic heterocycles. The number of amides is 1. The van der Waals surface area contributed by atoms with Gasteiger partial charge < -0.3 is 14.5 Å². The third kappa shape index (κ3) is 4.01. The summed E-state index contributed by atoms with van der Waals surface area (Å²) in [5.41, 5.74) is 2.11. The zero-order chi connectivity index (χ0) is 16.9. The third-order valence-electron chi connectivity index (χ3n) is 3.26. The van der Waals surface area contributed by atoms with Crippen LogP contribution in [0.5, 0.6) is 5.75 Å². The first-order chi connectivity index (χ1) is 11.7. The Morgan fingerprint density at radius 3 is 2.96 bits per heavy atom. The number of rotatable bonds is 6. The van der Waals surface area contributed by atoms with Crippen molar-refractivity contribution in [3.05, 3.63) is 47.5 Å². The van der Waals surface area contributed by atoms with E-state index in [1.807, 2.05) is 24.3 Å². The topological polar surface area (TPSA) is 64.4 Å². The van der Waals surface area contributed by atoms with Crippen molar-refractivity contribution in [3.63, 3.8) is 0 Å². The van der Waals surface area contributed by atoms with Crippen molar-refractivity contribution in [2.75, 3.05) is 18.2 Å². The monoisotopic (exact) mass is 362 g/mol. The molecule has 2 aromatic carbocycles. The van der Waals surface area contributed by atoms with Crippen molar-refractivity contribution in [2.24, 2.45) is 0 Å². The van der Waals surface area contributed by atoms with Crippen molar-refractivity contribution < 1.29 is 13.9 Å². The first-order valence-electron chi connectivity index (χ1n) is 7.27. The lowest BCUT2D eigenvalue weighted by atomic mass is 10.3. The number of fused-ring (bicyclic) bond motifs is 1. The second-order valence-electron chi connectivity index (χ2n) is 4.94. The van der Waals surface area contributed by atoms with Gasteiger partial charge in [-0.05, 0) is 30.3 Å². The number of thioether (sulfide) groups is 1. The van der Waals surface area contributed by atoms with E-state index in [0.29, 0.717) is 33.9 Å². The summed E-state index contributed by atoms with van der Waals surface area (Å²) in [4.78, 5) is 16.4. The fourth-order valence-corrected chi connectivity index (χ4v) is 3.08. The Morgan fingerprint density at radius 1 is 1.33 bits per heavy atom. The summed E-state index contributed by atoms with van der Waals surface area (Å²) in [7, 11) is 1.54. The predicted molar refractivity (Wildman–Crippen MR) is 96.0 cm³/mol. The standard InChI is InChI=1S/C17H15ClN2O3S/c1-22-14-7-6-11(18)10-13(14)19-16(21)8-9-24-17-20-12-4-2-3-5-15(12)23-17/h2-7,10H,8-9H2,1H3,(H,19,21). The highest BCUT2D eigenvalue weighted by Crippen LogP contribution is 2.28. The van der Waals surface area contributed by atoms with E-state index in [0.717, 1.165) is 11.1 Å². The predicted octanol–water partition coefficient (Wildman–Crippen LogP) is 4.61. The lowest BCUT2D eigenvalue weighted by Crippen LogP contribution is -2.13. The molecule has 1 N–H and O–H groups in total. The fourth-order valence-electron chi connectivity index (χ4n) is 2.13. The van der Waals surface area contributed by atoms with Gasteiger partial charge in [-0.15, -0.1) is 0 Å². The molecule has 0 saturated heterocycles. The molecule has 0 unspecified atom stereocenters. The number of ether oxygens (including phenoxy) is 1. The summed E-state index contributed by atoms with van der Waals surface area (Å²) in [6, 6.07) is 12.6. The van der Waals surface area contributed by atoms with Crippen LogP contribution in [0.3, 0.4) is 0 Å². The molecule has 3 rings (SSSR count). The van der Waals surface area contributed by atoms with E-state index in [1.54, 1.807) is 25.3 Å². The van der Waals surface area contributed by atoms with Gasteiger partial charge in [0.15, 0.2) is 5.58 Å². The summed E-state index contributed by atoms with van der Waals surface area (Å²) >= 11 is 7.35. The summed E-state index contributed by atoms with van der Waals surface area (Å²) < 4.78 is 10.8. The van der Waals surface area contributed by atoms with Crippen LogP contribution in [0.1, 0.15) is 6.42 Å². The van der Waals surface area contributed by atoms with Crippen LogP contribution >= 0.6 is 23.4 Å². The highest BCUT2D eigenvalue weighted by atomic mass is 35.5. The number of aromatic nitrogens is 1. The molecule has 0 saturated carbocycles. The Balaban J connectivity index is 1.55. The zero-order valence-corrected chi connectivity index (χ0v) is 14.5. The largest absolute Gasteiger partial charge is 0.495 e. The van der Waals surface area contributed by atoms with E-state index >= 15 is 0 Å². The van der Waals surface area contributed by atoms with Crippen LogP contribution in [-0.4, -0.2) is 23.8 Å². The van der Waals surface area contributed by atoms with Crippen LogP contribution < -0.4 is 10.1 Å². The maximum absolute atomic E-state index is 12.1. The molecule has 5 nitrogen and oxygen atoms in total. The average Bonchev–Trinajstić information content (AvgIpc) is 2.97. The minimum absolute atomic E-state index is 0.126. The molecule has 1 aromatic heterocycles. The van der Waals surface area contributed by atoms with Gasteiger partial charge in [-0.25, -0.2) is 4.98 Å². The first kappa shape index (κ1) is 16.7. The van der Waals surface area contributed by atoms with Crippen molar-refractivity contribution in [3.8, 4) is 5.75 Å². The molecular weight excluding hydrogens is 348 g/mol. The summed E-state index contributed by atoms with van der Waals surface area (Å²) in [5, 5.41) is 3.90. The van der Waals surface area contributed by atoms with Crippen LogP contribution in [0, 0.1) is 0 Å². The maximum atomic E-state index is 12.1. The first-order valence-corrected chi connectivity index (χ1v) is 8.64. The van der Waals surface area contributed by atoms with Gasteiger partial charge in [0, 0.05) is 17.2 Å². The maximum Gasteiger partial charge on any atom is 0.256 e. The molecule has 24 heavy (non-hydrogen) atoms. The SMILES string of the molecule is COc1ccc(Cl)cc1NC(=O)CCSc1nc2ccccc2o1. The Hall–Kier alpha value is -2.18. The second kappa shape index (κ2) is 7.59. The number of oxazole rings is 1. The average molecular weight is 363 g/mol. The molecular formula is C17H15ClN2O3S. The molecule has 1 amide bonds. The highest BCUT2D eigenvalue weighted by Gasteiger charge is 2.10. The minimum atomic E-state index is -0.126. The van der Waals surface area contributed by atoms with Gasteiger partial charge in [-0.2, -0.15) is 0 Å². The number of hydrogen-bond donors (Lipinski definition) is 1. The molecule has 124 valence electrons. The normalized spacial score (nSPS) is 10.8. The van der Waals surface area contributed by atoms with Crippen LogP contribution in [0.2, 0.25) is 5.02 Å². The van der Waals surface area contributed by atoms with Crippen LogP contribution in [-0.2, 0) is 4.79 Å². The van der Waals surface area contributed by atoms with E-state index < -0.39 is 0 Å². The van der Waals surface area contributed by atoms with Crippen LogP contribution in [0.15, 0.2) is 52.1 Å². The quantitative estimate of drug-likeness (QED) is 0.648. The molecule has 0 atom stereocenters. The number of halogens is 1. The third-order valence-corrected chi connectivity index (χ3v) is 4.33. The molecule has 3 aromatic rings. The molecule has 7 heteroatoms. The molecule has 0 aliphatic rings. The minimum Gasteiger partial charge on any atom is -0.495 e. The van der Waals surface area contributed by atoms with Crippen molar-refractivity contribution in [1.29, 1.82) is 0 Å². The Labute approximate surface area is 148 Å². The molecule has 0 fully saturated rings. The highest BCUT2D eigenvalue weighted by molar-refractivity contribution is 7.99. The zero-order valence-electron chi connectivity index (χ0n) is 12.9. The van der Waals surface area contributed by atoms with E-state index in [1.165, 1.54) is 11.8 Å². The number of nitrogens with zero attached hydrogens (tertiary/aromatic N) is 1. The lowest BCUT2D eigenvalue weighted by Gasteiger charge is -2.10. The molecule has 1 heterocycles. The number of carbonyl (C=O) groups excluding carboxylic acids is 1. The number of benzene rings is 2. The fraction of sp³-hybridized carbons (Fsp3) is 0.176. The second-order valence-corrected chi connectivity index (χ2v) is 6.42. The smallest absolute Gasteiger partial charge is 0.256 e. The lowest BCUT2D eigenvalue weighted by molar-refractivity contribution is -0.115. The van der Waals surface area contributed by atoms with Crippen LogP contribution in [0.25, 0.3) is 11.1 Å². The number of methoxy groups -OCH3 is 1. The van der Waals surface area contributed by atoms with Gasteiger partial charge in [-0.3, -0.25) is 4.79 Å². The Bertz CT molecular complexity index is 833. The van der Waals surface area contributed by atoms with Gasteiger partial charge >= 0.3 is 0 Å². The summed E-state index contributed by atoms with van der Waals surface area (Å²) in [6.07, 6.45) is 0.319. The van der Waals surface area contributed by atoms with Crippen LogP contribution in [0.4, 0.5) is 5.69 Å². The van der Waals surface area contributed by atoms with Crippen molar-refractivity contribution in [2.45, 2.75) is 11.6 Å². The van der Waals surface area contributed by atoms with E-state index in [9.17, 15) is 4.79 Å². The number of carbonyl (C=O) groups is 1. The molecule has 0 aliphatic carbocycles. The number of anilines is 1. The number of nitrogens with one attached hydrogen (secondary N) is 1. The van der Waals surface area contributed by atoms with E-state index in [2.05, 4.69) is 10.3 Å². The van der Waals surface area contributed by atoms with E-state index in [4.69, 9.17) is 20.8 Å². The van der Waals surface area contributed by atoms with E-state index in [-0.39, 0.29) is 5.91 Å². The summed E-state index contributed by atoms with van der Waals surface area (Å²) in [6.45, 7) is 0. The number of hydrogen-bond acceptors (Lipinski definition) is 5. The van der Waals surface area contributed by atoms with Gasteiger partial charge in [0.05, 0.1) is 12.8 Å². The Morgan fingerprint density at radius 2 is 2.17 bits per heavy atom. The number of para-hydroxylation sites is 2. The van der Waals surface area contributed by atoms with Crippen molar-refractivity contribution >= 4 is 46.1 Å². The molecule has 0 bridgehead atoms. The van der Waals surface area contributed by atoms with Gasteiger partial charge in [0.1, 0.15) is 11.3 Å². The Kier molecular flexibility index (Phi) is 5.27. The summed E-state index contributed by atoms with van der Waals surface area (Å²) in [5.74, 6) is 1.00.